The highest BCUT2D eigenvalue weighted by molar-refractivity contribution is 7.89. The predicted molar refractivity (Wildman–Crippen MR) is 80.7 cm³/mol. The number of rotatable bonds is 2. The van der Waals surface area contributed by atoms with Gasteiger partial charge >= 0.3 is 0 Å². The van der Waals surface area contributed by atoms with Gasteiger partial charge in [0.25, 0.3) is 0 Å². The van der Waals surface area contributed by atoms with E-state index in [1.54, 1.807) is 12.1 Å². The predicted octanol–water partition coefficient (Wildman–Crippen LogP) is 0.652. The van der Waals surface area contributed by atoms with E-state index in [4.69, 9.17) is 4.74 Å². The Balaban J connectivity index is 1.99. The molecule has 22 heavy (non-hydrogen) atoms. The third-order valence-corrected chi connectivity index (χ3v) is 6.31. The van der Waals surface area contributed by atoms with Crippen molar-refractivity contribution in [1.82, 2.24) is 9.21 Å². The quantitative estimate of drug-likeness (QED) is 0.800. The Morgan fingerprint density at radius 3 is 2.86 bits per heavy atom. The highest BCUT2D eigenvalue weighted by Crippen LogP contribution is 2.29. The number of benzene rings is 1. The summed E-state index contributed by atoms with van der Waals surface area (Å²) in [6.07, 6.45) is 0.765. The molecule has 2 saturated heterocycles. The topological polar surface area (TPSA) is 73.6 Å². The molecular weight excluding hydrogens is 302 g/mol. The van der Waals surface area contributed by atoms with Gasteiger partial charge in [0, 0.05) is 19.6 Å². The molecule has 118 valence electrons. The lowest BCUT2D eigenvalue weighted by Gasteiger charge is -2.45. The lowest BCUT2D eigenvalue weighted by Crippen LogP contribution is -2.60. The number of sulfonamides is 1. The van der Waals surface area contributed by atoms with Crippen molar-refractivity contribution in [1.29, 1.82) is 5.26 Å². The summed E-state index contributed by atoms with van der Waals surface area (Å²) in [5.41, 5.74) is 0.190. The summed E-state index contributed by atoms with van der Waals surface area (Å²) in [6.45, 7) is 2.29. The standard InChI is InChI=1S/C15H19N3O3S/c1-17-7-6-14-13(11-17)18(8-9-21-14)22(19,20)15-5-3-2-4-12(15)10-16/h2-5,13-14H,6-9,11H2,1H3/t13-,14+/m0/s1. The molecule has 2 aliphatic heterocycles. The number of nitriles is 1. The molecular formula is C15H19N3O3S. The van der Waals surface area contributed by atoms with E-state index in [2.05, 4.69) is 4.90 Å². The van der Waals surface area contributed by atoms with Crippen LogP contribution in [0, 0.1) is 11.3 Å². The SMILES string of the molecule is CN1CC[C@H]2OCCN(S(=O)(=O)c3ccccc3C#N)[C@H]2C1. The second-order valence-electron chi connectivity index (χ2n) is 5.75. The molecule has 0 unspecified atom stereocenters. The summed E-state index contributed by atoms with van der Waals surface area (Å²) < 4.78 is 33.3. The second kappa shape index (κ2) is 5.97. The van der Waals surface area contributed by atoms with Crippen LogP contribution in [0.4, 0.5) is 0 Å². The fourth-order valence-electron chi connectivity index (χ4n) is 3.21. The molecule has 7 heteroatoms. The van der Waals surface area contributed by atoms with Crippen molar-refractivity contribution in [2.75, 3.05) is 33.3 Å². The molecule has 2 aliphatic rings. The molecule has 2 atom stereocenters. The first-order chi connectivity index (χ1) is 10.5. The van der Waals surface area contributed by atoms with E-state index in [1.165, 1.54) is 16.4 Å². The van der Waals surface area contributed by atoms with Gasteiger partial charge in [0.15, 0.2) is 0 Å². The first-order valence-electron chi connectivity index (χ1n) is 7.35. The van der Waals surface area contributed by atoms with E-state index in [-0.39, 0.29) is 22.6 Å². The number of hydrogen-bond donors (Lipinski definition) is 0. The van der Waals surface area contributed by atoms with Gasteiger partial charge in [0.2, 0.25) is 10.0 Å². The Bertz CT molecular complexity index is 698. The van der Waals surface area contributed by atoms with Gasteiger partial charge in [0.05, 0.1) is 29.2 Å². The maximum atomic E-state index is 13.0. The van der Waals surface area contributed by atoms with Crippen molar-refractivity contribution in [3.63, 3.8) is 0 Å². The van der Waals surface area contributed by atoms with Crippen molar-refractivity contribution < 1.29 is 13.2 Å². The van der Waals surface area contributed by atoms with Crippen molar-refractivity contribution in [2.24, 2.45) is 0 Å². The molecule has 0 N–H and O–H groups in total. The zero-order valence-electron chi connectivity index (χ0n) is 12.5. The van der Waals surface area contributed by atoms with Crippen molar-refractivity contribution in [2.45, 2.75) is 23.5 Å². The van der Waals surface area contributed by atoms with Gasteiger partial charge in [-0.15, -0.1) is 0 Å². The molecule has 3 rings (SSSR count). The Morgan fingerprint density at radius 1 is 1.32 bits per heavy atom. The highest BCUT2D eigenvalue weighted by atomic mass is 32.2. The number of likely N-dealkylation sites (tertiary alicyclic amines) is 1. The van der Waals surface area contributed by atoms with E-state index in [0.29, 0.717) is 19.7 Å². The minimum absolute atomic E-state index is 0.0611. The number of hydrogen-bond acceptors (Lipinski definition) is 5. The minimum Gasteiger partial charge on any atom is -0.375 e. The van der Waals surface area contributed by atoms with E-state index in [1.807, 2.05) is 13.1 Å². The van der Waals surface area contributed by atoms with Crippen LogP contribution < -0.4 is 0 Å². The lowest BCUT2D eigenvalue weighted by atomic mass is 10.0. The highest BCUT2D eigenvalue weighted by Gasteiger charge is 2.42. The van der Waals surface area contributed by atoms with Crippen molar-refractivity contribution in [3.05, 3.63) is 29.8 Å². The molecule has 0 bridgehead atoms. The van der Waals surface area contributed by atoms with E-state index in [0.717, 1.165) is 13.0 Å². The fraction of sp³-hybridized carbons (Fsp3) is 0.533. The number of fused-ring (bicyclic) bond motifs is 1. The fourth-order valence-corrected chi connectivity index (χ4v) is 4.98. The molecule has 0 saturated carbocycles. The summed E-state index contributed by atoms with van der Waals surface area (Å²) in [6, 6.07) is 8.15. The average Bonchev–Trinajstić information content (AvgIpc) is 2.54. The largest absolute Gasteiger partial charge is 0.375 e. The Labute approximate surface area is 130 Å². The van der Waals surface area contributed by atoms with E-state index in [9.17, 15) is 13.7 Å². The first-order valence-corrected chi connectivity index (χ1v) is 8.79. The first kappa shape index (κ1) is 15.4. The molecule has 6 nitrogen and oxygen atoms in total. The Morgan fingerprint density at radius 2 is 2.09 bits per heavy atom. The molecule has 0 aliphatic carbocycles. The van der Waals surface area contributed by atoms with Crippen LogP contribution in [0.3, 0.4) is 0 Å². The zero-order valence-corrected chi connectivity index (χ0v) is 13.3. The van der Waals surface area contributed by atoms with Crippen LogP contribution in [0.25, 0.3) is 0 Å². The zero-order chi connectivity index (χ0) is 15.7. The van der Waals surface area contributed by atoms with Gasteiger partial charge in [-0.2, -0.15) is 9.57 Å². The van der Waals surface area contributed by atoms with Crippen LogP contribution in [0.15, 0.2) is 29.2 Å². The number of piperidine rings is 1. The van der Waals surface area contributed by atoms with Crippen molar-refractivity contribution in [3.8, 4) is 6.07 Å². The van der Waals surface area contributed by atoms with Gasteiger partial charge < -0.3 is 9.64 Å². The molecule has 1 aromatic carbocycles. The van der Waals surface area contributed by atoms with Crippen LogP contribution in [0.2, 0.25) is 0 Å². The molecule has 0 amide bonds. The van der Waals surface area contributed by atoms with Crippen molar-refractivity contribution >= 4 is 10.0 Å². The third-order valence-electron chi connectivity index (χ3n) is 4.33. The van der Waals surface area contributed by atoms with Gasteiger partial charge in [-0.3, -0.25) is 0 Å². The van der Waals surface area contributed by atoms with Crippen LogP contribution >= 0.6 is 0 Å². The van der Waals surface area contributed by atoms with Gasteiger partial charge in [-0.05, 0) is 25.6 Å². The maximum absolute atomic E-state index is 13.0. The smallest absolute Gasteiger partial charge is 0.244 e. The summed E-state index contributed by atoms with van der Waals surface area (Å²) in [5, 5.41) is 9.19. The number of ether oxygens (including phenoxy) is 1. The van der Waals surface area contributed by atoms with Gasteiger partial charge in [0.1, 0.15) is 6.07 Å². The van der Waals surface area contributed by atoms with Crippen LogP contribution in [-0.2, 0) is 14.8 Å². The molecule has 2 fully saturated rings. The Kier molecular flexibility index (Phi) is 4.19. The summed E-state index contributed by atoms with van der Waals surface area (Å²) >= 11 is 0. The normalized spacial score (nSPS) is 27.1. The number of nitrogens with zero attached hydrogens (tertiary/aromatic N) is 3. The molecule has 1 aromatic rings. The Hall–Kier alpha value is -1.46. The number of morpholine rings is 1. The summed E-state index contributed by atoms with van der Waals surface area (Å²) in [7, 11) is -1.71. The third kappa shape index (κ3) is 2.63. The van der Waals surface area contributed by atoms with Crippen LogP contribution in [0.5, 0.6) is 0 Å². The molecule has 0 radical (unpaired) electrons. The monoisotopic (exact) mass is 321 g/mol. The van der Waals surface area contributed by atoms with E-state index < -0.39 is 10.0 Å². The van der Waals surface area contributed by atoms with Crippen LogP contribution in [-0.4, -0.2) is 63.1 Å². The second-order valence-corrected chi connectivity index (χ2v) is 7.61. The maximum Gasteiger partial charge on any atom is 0.244 e. The molecule has 2 heterocycles. The number of likely N-dealkylation sites (N-methyl/N-ethyl adjacent to an activating group) is 1. The molecule has 0 aromatic heterocycles. The average molecular weight is 321 g/mol. The van der Waals surface area contributed by atoms with E-state index >= 15 is 0 Å². The minimum atomic E-state index is -3.69. The van der Waals surface area contributed by atoms with Crippen LogP contribution in [0.1, 0.15) is 12.0 Å². The van der Waals surface area contributed by atoms with Gasteiger partial charge in [-0.1, -0.05) is 12.1 Å². The molecule has 0 spiro atoms. The summed E-state index contributed by atoms with van der Waals surface area (Å²) in [5.74, 6) is 0. The van der Waals surface area contributed by atoms with Gasteiger partial charge in [-0.25, -0.2) is 8.42 Å². The summed E-state index contributed by atoms with van der Waals surface area (Å²) in [4.78, 5) is 2.21. The lowest BCUT2D eigenvalue weighted by molar-refractivity contribution is -0.0719.